The van der Waals surface area contributed by atoms with Crippen LogP contribution in [-0.2, 0) is 10.2 Å². The van der Waals surface area contributed by atoms with Crippen molar-refractivity contribution in [1.29, 1.82) is 0 Å². The average molecular weight is 358 g/mol. The van der Waals surface area contributed by atoms with Crippen LogP contribution in [0.4, 0.5) is 8.78 Å². The highest BCUT2D eigenvalue weighted by molar-refractivity contribution is 7.49. The number of rotatable bonds is 4. The molecule has 0 aliphatic carbocycles. The summed E-state index contributed by atoms with van der Waals surface area (Å²) in [6.07, 6.45) is 3.32. The Morgan fingerprint density at radius 1 is 1.00 bits per heavy atom. The monoisotopic (exact) mass is 358 g/mol. The van der Waals surface area contributed by atoms with E-state index in [-0.39, 0.29) is 12.3 Å². The second-order valence-corrected chi connectivity index (χ2v) is 6.41. The van der Waals surface area contributed by atoms with E-state index in [0.29, 0.717) is 5.56 Å². The normalized spacial score (nSPS) is 11.7. The molecule has 0 radical (unpaired) electrons. The van der Waals surface area contributed by atoms with Crippen LogP contribution in [0.2, 0.25) is 0 Å². The van der Waals surface area contributed by atoms with Crippen LogP contribution in [0.25, 0.3) is 12.2 Å². The van der Waals surface area contributed by atoms with Crippen molar-refractivity contribution in [3.63, 3.8) is 0 Å². The molecule has 0 aromatic heterocycles. The number of hydrogen-bond acceptors (Lipinski definition) is 3. The number of alkyl halides is 2. The van der Waals surface area contributed by atoms with Gasteiger partial charge in [-0.1, -0.05) is 54.6 Å². The van der Waals surface area contributed by atoms with E-state index in [4.69, 9.17) is 0 Å². The van der Waals surface area contributed by atoms with Gasteiger partial charge < -0.3 is 26.7 Å². The number of halogens is 2. The molecular formula is C16H21F2N2O3P. The maximum Gasteiger partial charge on any atom is 0.296 e. The molecule has 0 aliphatic heterocycles. The second kappa shape index (κ2) is 8.28. The number of aryl methyl sites for hydroxylation is 1. The van der Waals surface area contributed by atoms with E-state index >= 15 is 0 Å². The lowest BCUT2D eigenvalue weighted by Gasteiger charge is -2.37. The zero-order valence-electron chi connectivity index (χ0n) is 13.7. The number of hydrogen-bond donors (Lipinski definition) is 2. The minimum Gasteiger partial charge on any atom is -0.806 e. The van der Waals surface area contributed by atoms with Gasteiger partial charge in [0.25, 0.3) is 5.66 Å². The smallest absolute Gasteiger partial charge is 0.296 e. The fraction of sp³-hybridized carbons (Fsp3) is 0.125. The summed E-state index contributed by atoms with van der Waals surface area (Å²) in [5, 5.41) is 0. The third-order valence-corrected chi connectivity index (χ3v) is 4.17. The van der Waals surface area contributed by atoms with Gasteiger partial charge in [0.2, 0.25) is 0 Å². The van der Waals surface area contributed by atoms with E-state index in [1.165, 1.54) is 6.07 Å². The summed E-state index contributed by atoms with van der Waals surface area (Å²) < 4.78 is 37.8. The van der Waals surface area contributed by atoms with Crippen molar-refractivity contribution in [1.82, 2.24) is 12.3 Å². The summed E-state index contributed by atoms with van der Waals surface area (Å²) in [6, 6.07) is 12.3. The Kier molecular flexibility index (Phi) is 7.63. The quantitative estimate of drug-likeness (QED) is 0.633. The van der Waals surface area contributed by atoms with Crippen LogP contribution in [0.1, 0.15) is 22.3 Å². The maximum absolute atomic E-state index is 13.6. The van der Waals surface area contributed by atoms with Crippen molar-refractivity contribution in [2.24, 2.45) is 0 Å². The van der Waals surface area contributed by atoms with Crippen LogP contribution in [0.5, 0.6) is 0 Å². The Bertz CT molecular complexity index is 760. The van der Waals surface area contributed by atoms with Crippen LogP contribution in [0.3, 0.4) is 0 Å². The van der Waals surface area contributed by atoms with Crippen molar-refractivity contribution >= 4 is 19.7 Å². The Morgan fingerprint density at radius 3 is 2.21 bits per heavy atom. The molecule has 0 fully saturated rings. The summed E-state index contributed by atoms with van der Waals surface area (Å²) in [7, 11) is -6.05. The SMILES string of the molecule is Cc1ccccc1/C=C\c1cccc(C(F)(F)P(=O)([O-])[O-])c1.[NH4+].[NH4+]. The molecule has 0 saturated heterocycles. The van der Waals surface area contributed by atoms with Gasteiger partial charge in [0, 0.05) is 13.2 Å². The van der Waals surface area contributed by atoms with Crippen molar-refractivity contribution in [2.45, 2.75) is 12.6 Å². The van der Waals surface area contributed by atoms with Gasteiger partial charge in [0.15, 0.2) is 0 Å². The minimum absolute atomic E-state index is 0. The van der Waals surface area contributed by atoms with Gasteiger partial charge in [-0.15, -0.1) is 0 Å². The molecule has 0 unspecified atom stereocenters. The molecule has 8 N–H and O–H groups in total. The molecule has 24 heavy (non-hydrogen) atoms. The topological polar surface area (TPSA) is 136 Å². The van der Waals surface area contributed by atoms with E-state index in [9.17, 15) is 23.1 Å². The highest BCUT2D eigenvalue weighted by Gasteiger charge is 2.35. The summed E-state index contributed by atoms with van der Waals surface area (Å²) in [6.45, 7) is 1.91. The second-order valence-electron chi connectivity index (χ2n) is 4.85. The van der Waals surface area contributed by atoms with E-state index in [1.807, 2.05) is 31.2 Å². The zero-order valence-corrected chi connectivity index (χ0v) is 14.6. The first-order chi connectivity index (χ1) is 10.2. The fourth-order valence-corrected chi connectivity index (χ4v) is 2.40. The fourth-order valence-electron chi connectivity index (χ4n) is 1.95. The Balaban J connectivity index is 0.00000264. The van der Waals surface area contributed by atoms with Crippen LogP contribution < -0.4 is 22.1 Å². The Morgan fingerprint density at radius 2 is 1.62 bits per heavy atom. The van der Waals surface area contributed by atoms with Gasteiger partial charge >= 0.3 is 0 Å². The van der Waals surface area contributed by atoms with Crippen LogP contribution >= 0.6 is 7.60 Å². The summed E-state index contributed by atoms with van der Waals surface area (Å²) >= 11 is 0. The third kappa shape index (κ3) is 4.80. The lowest BCUT2D eigenvalue weighted by molar-refractivity contribution is -0.335. The Hall–Kier alpha value is -1.89. The standard InChI is InChI=1S/C16H15F2O3P.2H3N/c1-12-5-2-3-7-14(12)10-9-13-6-4-8-15(11-13)16(17,18)22(19,20)21;;/h2-11H,1H3,(H2,19,20,21);2*1H3/b10-9-;;. The first kappa shape index (κ1) is 22.1. The van der Waals surface area contributed by atoms with E-state index < -0.39 is 18.8 Å². The lowest BCUT2D eigenvalue weighted by Crippen LogP contribution is -2.29. The average Bonchev–Trinajstić information content (AvgIpc) is 2.45. The highest BCUT2D eigenvalue weighted by atomic mass is 31.2. The van der Waals surface area contributed by atoms with Crippen molar-refractivity contribution in [3.8, 4) is 0 Å². The number of benzene rings is 2. The van der Waals surface area contributed by atoms with Gasteiger partial charge in [0.05, 0.1) is 0 Å². The maximum atomic E-state index is 13.6. The van der Waals surface area contributed by atoms with Crippen molar-refractivity contribution < 1.29 is 23.1 Å². The molecule has 2 aromatic carbocycles. The zero-order chi connectivity index (χ0) is 16.4. The van der Waals surface area contributed by atoms with Gasteiger partial charge in [-0.3, -0.25) is 0 Å². The minimum atomic E-state index is -6.05. The molecule has 132 valence electrons. The molecule has 0 saturated carbocycles. The molecule has 2 aromatic rings. The Labute approximate surface area is 139 Å². The van der Waals surface area contributed by atoms with Gasteiger partial charge in [-0.05, 0) is 29.7 Å². The summed E-state index contributed by atoms with van der Waals surface area (Å²) in [5.74, 6) is 0. The third-order valence-electron chi connectivity index (χ3n) is 3.22. The molecule has 0 amide bonds. The molecule has 8 heteroatoms. The first-order valence-corrected chi connectivity index (χ1v) is 8.00. The molecule has 5 nitrogen and oxygen atoms in total. The first-order valence-electron chi connectivity index (χ1n) is 6.46. The summed E-state index contributed by atoms with van der Waals surface area (Å²) in [5.41, 5.74) is -2.93. The molecule has 2 rings (SSSR count). The largest absolute Gasteiger partial charge is 0.806 e. The van der Waals surface area contributed by atoms with Crippen molar-refractivity contribution in [2.75, 3.05) is 0 Å². The lowest BCUT2D eigenvalue weighted by atomic mass is 10.1. The van der Waals surface area contributed by atoms with Crippen LogP contribution in [-0.4, -0.2) is 0 Å². The highest BCUT2D eigenvalue weighted by Crippen LogP contribution is 2.53. The van der Waals surface area contributed by atoms with E-state index in [1.54, 1.807) is 18.2 Å². The van der Waals surface area contributed by atoms with E-state index in [2.05, 4.69) is 0 Å². The molecular weight excluding hydrogens is 337 g/mol. The van der Waals surface area contributed by atoms with Gasteiger partial charge in [0.1, 0.15) is 0 Å². The predicted molar refractivity (Wildman–Crippen MR) is 90.0 cm³/mol. The van der Waals surface area contributed by atoms with Crippen molar-refractivity contribution in [3.05, 3.63) is 70.8 Å². The molecule has 0 heterocycles. The summed E-state index contributed by atoms with van der Waals surface area (Å²) in [4.78, 5) is 21.4. The molecule has 0 atom stereocenters. The molecule has 0 spiro atoms. The predicted octanol–water partition coefficient (Wildman–Crippen LogP) is 3.88. The van der Waals surface area contributed by atoms with Crippen LogP contribution in [0, 0.1) is 6.92 Å². The molecule has 0 aliphatic rings. The number of quaternary nitrogens is 2. The van der Waals surface area contributed by atoms with Gasteiger partial charge in [-0.25, -0.2) is 0 Å². The van der Waals surface area contributed by atoms with E-state index in [0.717, 1.165) is 23.3 Å². The van der Waals surface area contributed by atoms with Gasteiger partial charge in [-0.2, -0.15) is 8.78 Å². The molecule has 0 bridgehead atoms. The van der Waals surface area contributed by atoms with Crippen LogP contribution in [0.15, 0.2) is 48.5 Å².